The Morgan fingerprint density at radius 2 is 2.06 bits per heavy atom. The molecule has 0 radical (unpaired) electrons. The van der Waals surface area contributed by atoms with Crippen LogP contribution in [0.5, 0.6) is 5.75 Å². The molecule has 0 amide bonds. The van der Waals surface area contributed by atoms with Gasteiger partial charge in [0, 0.05) is 23.9 Å². The number of ether oxygens (including phenoxy) is 2. The van der Waals surface area contributed by atoms with Crippen molar-refractivity contribution in [1.29, 1.82) is 0 Å². The van der Waals surface area contributed by atoms with Crippen LogP contribution in [0.2, 0.25) is 0 Å². The van der Waals surface area contributed by atoms with Gasteiger partial charge < -0.3 is 15.2 Å². The average molecular weight is 223 g/mol. The van der Waals surface area contributed by atoms with Crippen molar-refractivity contribution >= 4 is 5.69 Å². The molecule has 1 aromatic carbocycles. The van der Waals surface area contributed by atoms with Gasteiger partial charge in [0.15, 0.2) is 0 Å². The Morgan fingerprint density at radius 3 is 2.69 bits per heavy atom. The van der Waals surface area contributed by atoms with Gasteiger partial charge in [0.1, 0.15) is 5.75 Å². The molecule has 0 spiro atoms. The number of rotatable bonds is 6. The van der Waals surface area contributed by atoms with Gasteiger partial charge in [-0.05, 0) is 18.4 Å². The van der Waals surface area contributed by atoms with E-state index in [0.717, 1.165) is 24.3 Å². The summed E-state index contributed by atoms with van der Waals surface area (Å²) < 4.78 is 10.8. The topological polar surface area (TPSA) is 44.5 Å². The SMILES string of the molecule is COc1cc(N)ccc1COCCC(C)C. The molecule has 0 aliphatic carbocycles. The minimum atomic E-state index is 0.580. The molecule has 16 heavy (non-hydrogen) atoms. The van der Waals surface area contributed by atoms with Gasteiger partial charge in [0.2, 0.25) is 0 Å². The lowest BCUT2D eigenvalue weighted by molar-refractivity contribution is 0.109. The van der Waals surface area contributed by atoms with E-state index >= 15 is 0 Å². The zero-order valence-corrected chi connectivity index (χ0v) is 10.3. The standard InChI is InChI=1S/C13H21NO2/c1-10(2)6-7-16-9-11-4-5-12(14)8-13(11)15-3/h4-5,8,10H,6-7,9,14H2,1-3H3. The van der Waals surface area contributed by atoms with Gasteiger partial charge >= 0.3 is 0 Å². The molecular formula is C13H21NO2. The fourth-order valence-corrected chi connectivity index (χ4v) is 1.38. The van der Waals surface area contributed by atoms with Crippen LogP contribution >= 0.6 is 0 Å². The van der Waals surface area contributed by atoms with Crippen molar-refractivity contribution in [1.82, 2.24) is 0 Å². The molecule has 0 fully saturated rings. The lowest BCUT2D eigenvalue weighted by Crippen LogP contribution is -2.01. The molecule has 2 N–H and O–H groups in total. The van der Waals surface area contributed by atoms with Crippen molar-refractivity contribution in [3.63, 3.8) is 0 Å². The van der Waals surface area contributed by atoms with Crippen LogP contribution in [0.15, 0.2) is 18.2 Å². The number of nitrogen functional groups attached to an aromatic ring is 1. The smallest absolute Gasteiger partial charge is 0.126 e. The highest BCUT2D eigenvalue weighted by molar-refractivity contribution is 5.48. The lowest BCUT2D eigenvalue weighted by Gasteiger charge is -2.10. The lowest BCUT2D eigenvalue weighted by atomic mass is 10.1. The Balaban J connectivity index is 2.47. The molecule has 1 aromatic rings. The highest BCUT2D eigenvalue weighted by Gasteiger charge is 2.03. The van der Waals surface area contributed by atoms with E-state index in [9.17, 15) is 0 Å². The summed E-state index contributed by atoms with van der Waals surface area (Å²) in [6, 6.07) is 5.63. The first-order valence-electron chi connectivity index (χ1n) is 5.63. The van der Waals surface area contributed by atoms with E-state index in [1.807, 2.05) is 18.2 Å². The van der Waals surface area contributed by atoms with E-state index in [1.165, 1.54) is 0 Å². The summed E-state index contributed by atoms with van der Waals surface area (Å²) in [5.41, 5.74) is 7.43. The van der Waals surface area contributed by atoms with Gasteiger partial charge in [-0.2, -0.15) is 0 Å². The number of benzene rings is 1. The molecule has 1 rings (SSSR count). The maximum Gasteiger partial charge on any atom is 0.126 e. The molecular weight excluding hydrogens is 202 g/mol. The number of nitrogens with two attached hydrogens (primary N) is 1. The van der Waals surface area contributed by atoms with E-state index in [-0.39, 0.29) is 0 Å². The van der Waals surface area contributed by atoms with E-state index in [0.29, 0.717) is 18.2 Å². The van der Waals surface area contributed by atoms with Crippen LogP contribution in [0.3, 0.4) is 0 Å². The van der Waals surface area contributed by atoms with Crippen LogP contribution < -0.4 is 10.5 Å². The molecule has 0 unspecified atom stereocenters. The van der Waals surface area contributed by atoms with Crippen molar-refractivity contribution in [2.45, 2.75) is 26.9 Å². The Kier molecular flexibility index (Phi) is 5.12. The van der Waals surface area contributed by atoms with Crippen molar-refractivity contribution in [3.05, 3.63) is 23.8 Å². The summed E-state index contributed by atoms with van der Waals surface area (Å²) in [7, 11) is 1.65. The van der Waals surface area contributed by atoms with Gasteiger partial charge in [0.05, 0.1) is 13.7 Å². The summed E-state index contributed by atoms with van der Waals surface area (Å²) in [5, 5.41) is 0. The van der Waals surface area contributed by atoms with Gasteiger partial charge in [-0.25, -0.2) is 0 Å². The van der Waals surface area contributed by atoms with E-state index in [1.54, 1.807) is 7.11 Å². The third-order valence-corrected chi connectivity index (χ3v) is 2.41. The van der Waals surface area contributed by atoms with Gasteiger partial charge in [-0.15, -0.1) is 0 Å². The normalized spacial score (nSPS) is 10.8. The second-order valence-corrected chi connectivity index (χ2v) is 4.31. The summed E-state index contributed by atoms with van der Waals surface area (Å²) in [6.45, 7) is 5.74. The zero-order valence-electron chi connectivity index (χ0n) is 10.3. The number of anilines is 1. The molecule has 90 valence electrons. The zero-order chi connectivity index (χ0) is 12.0. The van der Waals surface area contributed by atoms with Crippen molar-refractivity contribution in [2.75, 3.05) is 19.5 Å². The van der Waals surface area contributed by atoms with Crippen molar-refractivity contribution in [2.24, 2.45) is 5.92 Å². The van der Waals surface area contributed by atoms with Crippen molar-refractivity contribution in [3.8, 4) is 5.75 Å². The van der Waals surface area contributed by atoms with Gasteiger partial charge in [-0.3, -0.25) is 0 Å². The molecule has 0 atom stereocenters. The molecule has 0 saturated heterocycles. The second-order valence-electron chi connectivity index (χ2n) is 4.31. The number of hydrogen-bond donors (Lipinski definition) is 1. The average Bonchev–Trinajstić information content (AvgIpc) is 2.25. The summed E-state index contributed by atoms with van der Waals surface area (Å²) in [6.07, 6.45) is 1.08. The summed E-state index contributed by atoms with van der Waals surface area (Å²) >= 11 is 0. The molecule has 3 heteroatoms. The summed E-state index contributed by atoms with van der Waals surface area (Å²) in [5.74, 6) is 1.47. The Morgan fingerprint density at radius 1 is 1.31 bits per heavy atom. The first kappa shape index (κ1) is 12.8. The molecule has 0 saturated carbocycles. The van der Waals surface area contributed by atoms with Crippen molar-refractivity contribution < 1.29 is 9.47 Å². The second kappa shape index (κ2) is 6.38. The molecule has 0 bridgehead atoms. The quantitative estimate of drug-likeness (QED) is 0.595. The summed E-state index contributed by atoms with van der Waals surface area (Å²) in [4.78, 5) is 0. The monoisotopic (exact) mass is 223 g/mol. The number of hydrogen-bond acceptors (Lipinski definition) is 3. The third kappa shape index (κ3) is 4.11. The van der Waals surface area contributed by atoms with Crippen LogP contribution in [-0.2, 0) is 11.3 Å². The Hall–Kier alpha value is -1.22. The van der Waals surface area contributed by atoms with Crippen LogP contribution in [-0.4, -0.2) is 13.7 Å². The third-order valence-electron chi connectivity index (χ3n) is 2.41. The molecule has 3 nitrogen and oxygen atoms in total. The number of methoxy groups -OCH3 is 1. The molecule has 0 aromatic heterocycles. The molecule has 0 heterocycles. The first-order valence-corrected chi connectivity index (χ1v) is 5.63. The maximum atomic E-state index is 5.68. The van der Waals surface area contributed by atoms with Crippen LogP contribution in [0.1, 0.15) is 25.8 Å². The molecule has 0 aliphatic heterocycles. The molecule has 0 aliphatic rings. The fourth-order valence-electron chi connectivity index (χ4n) is 1.38. The predicted molar refractivity (Wildman–Crippen MR) is 66.5 cm³/mol. The highest BCUT2D eigenvalue weighted by Crippen LogP contribution is 2.22. The minimum Gasteiger partial charge on any atom is -0.496 e. The highest BCUT2D eigenvalue weighted by atomic mass is 16.5. The Bertz CT molecular complexity index is 324. The van der Waals surface area contributed by atoms with Gasteiger partial charge in [0.25, 0.3) is 0 Å². The van der Waals surface area contributed by atoms with E-state index in [2.05, 4.69) is 13.8 Å². The van der Waals surface area contributed by atoms with Crippen LogP contribution in [0.4, 0.5) is 5.69 Å². The van der Waals surface area contributed by atoms with Crippen LogP contribution in [0.25, 0.3) is 0 Å². The predicted octanol–water partition coefficient (Wildman–Crippen LogP) is 2.84. The first-order chi connectivity index (χ1) is 7.63. The Labute approximate surface area is 97.6 Å². The minimum absolute atomic E-state index is 0.580. The van der Waals surface area contributed by atoms with E-state index < -0.39 is 0 Å². The fraction of sp³-hybridized carbons (Fsp3) is 0.538. The van der Waals surface area contributed by atoms with Crippen LogP contribution in [0, 0.1) is 5.92 Å². The maximum absolute atomic E-state index is 5.68. The van der Waals surface area contributed by atoms with Gasteiger partial charge in [-0.1, -0.05) is 19.9 Å². The van der Waals surface area contributed by atoms with E-state index in [4.69, 9.17) is 15.2 Å². The largest absolute Gasteiger partial charge is 0.496 e.